The van der Waals surface area contributed by atoms with E-state index in [2.05, 4.69) is 34.1 Å². The summed E-state index contributed by atoms with van der Waals surface area (Å²) in [6.07, 6.45) is 3.21. The molecule has 0 aromatic carbocycles. The van der Waals surface area contributed by atoms with Crippen molar-refractivity contribution in [1.82, 2.24) is 25.0 Å². The molecule has 1 N–H and O–H groups in total. The smallest absolute Gasteiger partial charge is 0.272 e. The highest BCUT2D eigenvalue weighted by Crippen LogP contribution is 2.15. The molecule has 1 amide bonds. The molecule has 1 aliphatic heterocycles. The number of ketones is 1. The van der Waals surface area contributed by atoms with Crippen LogP contribution in [0.4, 0.5) is 0 Å². The summed E-state index contributed by atoms with van der Waals surface area (Å²) in [6, 6.07) is 5.45. The number of ether oxygens (including phenoxy) is 3. The summed E-state index contributed by atoms with van der Waals surface area (Å²) in [7, 11) is 1.62. The highest BCUT2D eigenvalue weighted by molar-refractivity contribution is 6.30. The first-order valence-corrected chi connectivity index (χ1v) is 12.7. The van der Waals surface area contributed by atoms with Gasteiger partial charge in [0, 0.05) is 38.5 Å². The quantitative estimate of drug-likeness (QED) is 0.298. The Labute approximate surface area is 217 Å². The fourth-order valence-electron chi connectivity index (χ4n) is 3.94. The molecule has 3 heterocycles. The topological polar surface area (TPSA) is 108 Å². The van der Waals surface area contributed by atoms with E-state index < -0.39 is 0 Å². The molecule has 0 saturated carbocycles. The fourth-order valence-corrected chi connectivity index (χ4v) is 4.05. The minimum atomic E-state index is -0.252. The van der Waals surface area contributed by atoms with Crippen LogP contribution in [0.2, 0.25) is 5.02 Å². The Morgan fingerprint density at radius 2 is 1.83 bits per heavy atom. The Morgan fingerprint density at radius 3 is 2.50 bits per heavy atom. The second-order valence-corrected chi connectivity index (χ2v) is 9.44. The van der Waals surface area contributed by atoms with E-state index in [1.54, 1.807) is 25.3 Å². The molecule has 11 heteroatoms. The van der Waals surface area contributed by atoms with Crippen molar-refractivity contribution in [3.05, 3.63) is 46.5 Å². The number of pyridine rings is 1. The van der Waals surface area contributed by atoms with Crippen LogP contribution in [0.3, 0.4) is 0 Å². The highest BCUT2D eigenvalue weighted by atomic mass is 35.5. The van der Waals surface area contributed by atoms with E-state index in [1.807, 2.05) is 0 Å². The molecule has 0 aliphatic carbocycles. The highest BCUT2D eigenvalue weighted by Gasteiger charge is 2.24. The molecule has 0 unspecified atom stereocenters. The molecule has 0 bridgehead atoms. The molecule has 198 valence electrons. The Morgan fingerprint density at radius 1 is 1.11 bits per heavy atom. The number of piperidine rings is 1. The van der Waals surface area contributed by atoms with Crippen molar-refractivity contribution in [2.75, 3.05) is 46.6 Å². The van der Waals surface area contributed by atoms with Gasteiger partial charge >= 0.3 is 0 Å². The molecule has 1 fully saturated rings. The number of aromatic nitrogens is 3. The molecule has 36 heavy (non-hydrogen) atoms. The number of carbonyl (C=O) groups excluding carboxylic acids is 2. The Hall–Kier alpha value is -2.37. The van der Waals surface area contributed by atoms with Gasteiger partial charge in [-0.1, -0.05) is 11.6 Å². The van der Waals surface area contributed by atoms with Crippen molar-refractivity contribution in [2.45, 2.75) is 51.9 Å². The lowest BCUT2D eigenvalue weighted by molar-refractivity contribution is 0.0184. The molecule has 2 aromatic rings. The van der Waals surface area contributed by atoms with E-state index in [-0.39, 0.29) is 42.3 Å². The molecular formula is C25H36ClN5O5. The van der Waals surface area contributed by atoms with E-state index in [0.717, 1.165) is 25.9 Å². The molecule has 0 spiro atoms. The van der Waals surface area contributed by atoms with Gasteiger partial charge < -0.3 is 24.4 Å². The van der Waals surface area contributed by atoms with Crippen LogP contribution in [0.25, 0.3) is 0 Å². The number of amides is 1. The zero-order valence-corrected chi connectivity index (χ0v) is 22.0. The summed E-state index contributed by atoms with van der Waals surface area (Å²) in [5.41, 5.74) is 1.15. The van der Waals surface area contributed by atoms with Crippen LogP contribution in [0.1, 0.15) is 53.4 Å². The summed E-state index contributed by atoms with van der Waals surface area (Å²) in [5.74, 6) is -0.495. The zero-order chi connectivity index (χ0) is 25.9. The monoisotopic (exact) mass is 521 g/mol. The average Bonchev–Trinajstić information content (AvgIpc) is 3.26. The number of halogens is 1. The maximum absolute atomic E-state index is 13.0. The van der Waals surface area contributed by atoms with Gasteiger partial charge in [-0.15, -0.1) is 0 Å². The van der Waals surface area contributed by atoms with Crippen molar-refractivity contribution in [2.24, 2.45) is 0 Å². The number of hydrogen-bond acceptors (Lipinski definition) is 8. The van der Waals surface area contributed by atoms with E-state index in [0.29, 0.717) is 43.2 Å². The number of methoxy groups -OCH3 is 1. The number of carbonyl (C=O) groups is 2. The van der Waals surface area contributed by atoms with Gasteiger partial charge in [0.05, 0.1) is 43.8 Å². The minimum Gasteiger partial charge on any atom is -0.382 e. The van der Waals surface area contributed by atoms with Crippen molar-refractivity contribution in [3.63, 3.8) is 0 Å². The van der Waals surface area contributed by atoms with Crippen LogP contribution < -0.4 is 5.32 Å². The van der Waals surface area contributed by atoms with Crippen LogP contribution in [-0.4, -0.2) is 90.1 Å². The van der Waals surface area contributed by atoms with Gasteiger partial charge in [-0.3, -0.25) is 19.3 Å². The Balaban J connectivity index is 1.63. The molecule has 0 atom stereocenters. The van der Waals surface area contributed by atoms with E-state index in [9.17, 15) is 9.59 Å². The maximum atomic E-state index is 13.0. The maximum Gasteiger partial charge on any atom is 0.272 e. The van der Waals surface area contributed by atoms with Crippen molar-refractivity contribution >= 4 is 23.3 Å². The van der Waals surface area contributed by atoms with Crippen molar-refractivity contribution in [3.8, 4) is 0 Å². The molecule has 1 aliphatic rings. The third-order valence-electron chi connectivity index (χ3n) is 6.05. The molecular weight excluding hydrogens is 486 g/mol. The summed E-state index contributed by atoms with van der Waals surface area (Å²) in [4.78, 5) is 32.3. The first kappa shape index (κ1) is 28.2. The van der Waals surface area contributed by atoms with E-state index in [1.165, 1.54) is 10.9 Å². The van der Waals surface area contributed by atoms with E-state index >= 15 is 0 Å². The first-order chi connectivity index (χ1) is 17.4. The van der Waals surface area contributed by atoms with Crippen molar-refractivity contribution in [1.29, 1.82) is 0 Å². The predicted octanol–water partition coefficient (Wildman–Crippen LogP) is 2.60. The standard InChI is InChI=1S/C25H36ClN5O5/c1-18(2)30-8-6-20(7-9-30)28-25(33)23-14-21(17-36-13-12-35-11-10-34-3)31(29-23)16-24(32)22-5-4-19(26)15-27-22/h4-5,14-15,18,20H,6-13,16-17H2,1-3H3,(H,28,33). The summed E-state index contributed by atoms with van der Waals surface area (Å²) in [5, 5.41) is 7.98. The number of nitrogens with zero attached hydrogens (tertiary/aromatic N) is 4. The second kappa shape index (κ2) is 14.4. The fraction of sp³-hybridized carbons (Fsp3) is 0.600. The lowest BCUT2D eigenvalue weighted by Crippen LogP contribution is -2.46. The van der Waals surface area contributed by atoms with Gasteiger partial charge in [0.25, 0.3) is 5.91 Å². The molecule has 0 radical (unpaired) electrons. The lowest BCUT2D eigenvalue weighted by Gasteiger charge is -2.34. The Bertz CT molecular complexity index is 974. The summed E-state index contributed by atoms with van der Waals surface area (Å²) < 4.78 is 17.6. The zero-order valence-electron chi connectivity index (χ0n) is 21.2. The van der Waals surface area contributed by atoms with Crippen LogP contribution in [0, 0.1) is 0 Å². The first-order valence-electron chi connectivity index (χ1n) is 12.3. The van der Waals surface area contributed by atoms with Crippen LogP contribution in [-0.2, 0) is 27.4 Å². The number of nitrogens with one attached hydrogen (secondary N) is 1. The minimum absolute atomic E-state index is 0.0717. The van der Waals surface area contributed by atoms with Crippen LogP contribution in [0.5, 0.6) is 0 Å². The molecule has 3 rings (SSSR count). The van der Waals surface area contributed by atoms with Crippen LogP contribution in [0.15, 0.2) is 24.4 Å². The summed E-state index contributed by atoms with van der Waals surface area (Å²) >= 11 is 5.88. The van der Waals surface area contributed by atoms with Gasteiger partial charge in [-0.25, -0.2) is 0 Å². The van der Waals surface area contributed by atoms with Gasteiger partial charge in [-0.05, 0) is 44.9 Å². The van der Waals surface area contributed by atoms with Crippen LogP contribution >= 0.6 is 11.6 Å². The number of rotatable bonds is 14. The largest absolute Gasteiger partial charge is 0.382 e. The van der Waals surface area contributed by atoms with Crippen molar-refractivity contribution < 1.29 is 23.8 Å². The Kier molecular flexibility index (Phi) is 11.3. The second-order valence-electron chi connectivity index (χ2n) is 9.00. The predicted molar refractivity (Wildman–Crippen MR) is 135 cm³/mol. The molecule has 10 nitrogen and oxygen atoms in total. The number of Topliss-reactive ketones (excluding diaryl/α,β-unsaturated/α-hetero) is 1. The van der Waals surface area contributed by atoms with Gasteiger partial charge in [0.2, 0.25) is 5.78 Å². The van der Waals surface area contributed by atoms with Gasteiger partial charge in [-0.2, -0.15) is 5.10 Å². The normalized spacial score (nSPS) is 14.9. The van der Waals surface area contributed by atoms with Gasteiger partial charge in [0.1, 0.15) is 12.2 Å². The van der Waals surface area contributed by atoms with Gasteiger partial charge in [0.15, 0.2) is 5.69 Å². The summed E-state index contributed by atoms with van der Waals surface area (Å²) in [6.45, 7) is 8.15. The number of likely N-dealkylation sites (tertiary alicyclic amines) is 1. The molecule has 2 aromatic heterocycles. The number of hydrogen-bond donors (Lipinski definition) is 1. The SMILES string of the molecule is COCCOCCOCc1cc(C(=O)NC2CCN(C(C)C)CC2)nn1CC(=O)c1ccc(Cl)cn1. The lowest BCUT2D eigenvalue weighted by atomic mass is 10.0. The average molecular weight is 522 g/mol. The third-order valence-corrected chi connectivity index (χ3v) is 6.27. The van der Waals surface area contributed by atoms with E-state index in [4.69, 9.17) is 25.8 Å². The third kappa shape index (κ3) is 8.63. The molecule has 1 saturated heterocycles.